The number of rotatable bonds is 5. The maximum absolute atomic E-state index is 2.61. The Morgan fingerprint density at radius 1 is 0.318 bits per heavy atom. The third-order valence-electron chi connectivity index (χ3n) is 14.5. The summed E-state index contributed by atoms with van der Waals surface area (Å²) in [5.74, 6) is 0. The second kappa shape index (κ2) is 14.8. The van der Waals surface area contributed by atoms with Gasteiger partial charge in [-0.2, -0.15) is 0 Å². The lowest BCUT2D eigenvalue weighted by Gasteiger charge is -2.42. The first-order chi connectivity index (χ1) is 32.0. The first kappa shape index (κ1) is 40.1. The maximum atomic E-state index is 2.61. The van der Waals surface area contributed by atoms with Crippen LogP contribution in [0.1, 0.15) is 74.9 Å². The first-order valence-corrected chi connectivity index (χ1v) is 23.5. The van der Waals surface area contributed by atoms with Gasteiger partial charge >= 0.3 is 0 Å². The highest BCUT2D eigenvalue weighted by Gasteiger charge is 2.51. The lowest BCUT2D eigenvalue weighted by atomic mass is 9.59. The van der Waals surface area contributed by atoms with Crippen molar-refractivity contribution in [3.8, 4) is 44.5 Å². The van der Waals surface area contributed by atoms with Gasteiger partial charge in [-0.3, -0.25) is 0 Å². The fraction of sp³-hybridized carbons (Fsp3) is 0.138. The van der Waals surface area contributed by atoms with Crippen molar-refractivity contribution in [1.82, 2.24) is 0 Å². The Morgan fingerprint density at radius 3 is 1.42 bits per heavy atom. The van der Waals surface area contributed by atoms with Crippen LogP contribution in [0.3, 0.4) is 0 Å². The molecular weight excluding hydrogens is 795 g/mol. The maximum Gasteiger partial charge on any atom is 0.0726 e. The monoisotopic (exact) mass is 847 g/mol. The van der Waals surface area contributed by atoms with Crippen LogP contribution < -0.4 is 4.90 Å². The van der Waals surface area contributed by atoms with E-state index < -0.39 is 5.41 Å². The molecule has 1 spiro atoms. The second-order valence-corrected chi connectivity index (χ2v) is 20.5. The standard InChI is InChI=1S/C65H53N/c1-63(2,3)55-39-38-54-61-52-24-14-13-23-50(52)58(64(4,5)6)41-60(61)65(57-27-17-25-53(55)62(54)57)56-26-16-15-22-49(56)51-37-36-48(40-59(51)65)66(46-32-28-44(29-33-46)42-18-9-7-10-19-42)47-34-30-45(31-35-47)43-20-11-8-12-21-43/h7-41H,1-6H3. The molecule has 1 heteroatoms. The van der Waals surface area contributed by atoms with Crippen LogP contribution in [0.4, 0.5) is 17.1 Å². The van der Waals surface area contributed by atoms with Crippen molar-refractivity contribution in [2.45, 2.75) is 57.8 Å². The van der Waals surface area contributed by atoms with Crippen molar-refractivity contribution in [3.05, 3.63) is 246 Å². The summed E-state index contributed by atoms with van der Waals surface area (Å²) in [4.78, 5) is 2.46. The molecule has 10 aromatic carbocycles. The molecule has 12 rings (SSSR count). The van der Waals surface area contributed by atoms with Crippen LogP contribution in [0, 0.1) is 0 Å². The van der Waals surface area contributed by atoms with Crippen LogP contribution in [0.25, 0.3) is 66.1 Å². The van der Waals surface area contributed by atoms with E-state index >= 15 is 0 Å². The Kier molecular flexibility index (Phi) is 8.97. The Balaban J connectivity index is 1.18. The number of benzene rings is 10. The molecule has 0 fully saturated rings. The van der Waals surface area contributed by atoms with Crippen molar-refractivity contribution in [2.75, 3.05) is 4.90 Å². The van der Waals surface area contributed by atoms with E-state index in [0.717, 1.165) is 17.1 Å². The lowest BCUT2D eigenvalue weighted by molar-refractivity contribution is 0.593. The van der Waals surface area contributed by atoms with Crippen LogP contribution in [-0.4, -0.2) is 0 Å². The Labute approximate surface area is 389 Å². The van der Waals surface area contributed by atoms with Gasteiger partial charge in [-0.1, -0.05) is 217 Å². The van der Waals surface area contributed by atoms with Gasteiger partial charge in [0, 0.05) is 17.1 Å². The normalized spacial score (nSPS) is 14.9. The minimum Gasteiger partial charge on any atom is -0.310 e. The quantitative estimate of drug-likeness (QED) is 0.167. The zero-order chi connectivity index (χ0) is 45.0. The third-order valence-corrected chi connectivity index (χ3v) is 14.5. The van der Waals surface area contributed by atoms with E-state index in [0.29, 0.717) is 0 Å². The topological polar surface area (TPSA) is 3.24 Å². The summed E-state index contributed by atoms with van der Waals surface area (Å²) in [6, 6.07) is 79.9. The highest BCUT2D eigenvalue weighted by molar-refractivity contribution is 6.15. The largest absolute Gasteiger partial charge is 0.310 e. The van der Waals surface area contributed by atoms with E-state index in [1.54, 1.807) is 0 Å². The summed E-state index contributed by atoms with van der Waals surface area (Å²) >= 11 is 0. The average Bonchev–Trinajstić information content (AvgIpc) is 3.63. The second-order valence-electron chi connectivity index (χ2n) is 20.5. The minimum absolute atomic E-state index is 0.0476. The van der Waals surface area contributed by atoms with Crippen molar-refractivity contribution in [1.29, 1.82) is 0 Å². The number of nitrogens with zero attached hydrogens (tertiary/aromatic N) is 1. The summed E-state index contributed by atoms with van der Waals surface area (Å²) in [6.45, 7) is 14.2. The summed E-state index contributed by atoms with van der Waals surface area (Å²) in [5.41, 5.74) is 20.8. The fourth-order valence-corrected chi connectivity index (χ4v) is 11.6. The molecule has 10 aromatic rings. The van der Waals surface area contributed by atoms with Gasteiger partial charge in [0.15, 0.2) is 0 Å². The van der Waals surface area contributed by atoms with Crippen molar-refractivity contribution >= 4 is 38.6 Å². The summed E-state index contributed by atoms with van der Waals surface area (Å²) in [6.07, 6.45) is 0. The lowest BCUT2D eigenvalue weighted by Crippen LogP contribution is -2.33. The zero-order valence-corrected chi connectivity index (χ0v) is 38.7. The molecule has 0 aliphatic heterocycles. The molecule has 1 nitrogen and oxygen atoms in total. The predicted molar refractivity (Wildman–Crippen MR) is 281 cm³/mol. The zero-order valence-electron chi connectivity index (χ0n) is 38.7. The van der Waals surface area contributed by atoms with Crippen molar-refractivity contribution < 1.29 is 0 Å². The SMILES string of the molecule is CC(C)(C)c1cc2c(c3ccccc13)-c1ccc(C(C)(C)C)c3cccc(c13)C21c2ccccc2-c2ccc(N(c3ccc(-c4ccccc4)cc3)c3ccc(-c4ccccc4)cc3)cc21. The van der Waals surface area contributed by atoms with E-state index in [-0.39, 0.29) is 10.8 Å². The van der Waals surface area contributed by atoms with Crippen molar-refractivity contribution in [3.63, 3.8) is 0 Å². The highest BCUT2D eigenvalue weighted by Crippen LogP contribution is 2.64. The smallest absolute Gasteiger partial charge is 0.0726 e. The summed E-state index contributed by atoms with van der Waals surface area (Å²) < 4.78 is 0. The number of hydrogen-bond acceptors (Lipinski definition) is 1. The first-order valence-electron chi connectivity index (χ1n) is 23.5. The van der Waals surface area contributed by atoms with Crippen LogP contribution >= 0.6 is 0 Å². The minimum atomic E-state index is -0.607. The molecule has 0 N–H and O–H groups in total. The molecule has 0 saturated carbocycles. The summed E-state index contributed by atoms with van der Waals surface area (Å²) in [7, 11) is 0. The van der Waals surface area contributed by atoms with Gasteiger partial charge in [-0.15, -0.1) is 0 Å². The van der Waals surface area contributed by atoms with Gasteiger partial charge in [0.25, 0.3) is 0 Å². The van der Waals surface area contributed by atoms with E-state index in [4.69, 9.17) is 0 Å². The number of hydrogen-bond donors (Lipinski definition) is 0. The summed E-state index contributed by atoms with van der Waals surface area (Å²) in [5, 5.41) is 5.35. The Bertz CT molecular complexity index is 3430. The van der Waals surface area contributed by atoms with Crippen LogP contribution in [0.2, 0.25) is 0 Å². The predicted octanol–water partition coefficient (Wildman–Crippen LogP) is 17.7. The molecule has 0 saturated heterocycles. The Hall–Kier alpha value is -7.48. The molecule has 2 aliphatic rings. The van der Waals surface area contributed by atoms with E-state index in [2.05, 4.69) is 259 Å². The van der Waals surface area contributed by atoms with E-state index in [1.807, 2.05) is 0 Å². The van der Waals surface area contributed by atoms with Gasteiger partial charge in [-0.05, 0) is 147 Å². The van der Waals surface area contributed by atoms with Crippen LogP contribution in [-0.2, 0) is 16.2 Å². The molecule has 1 atom stereocenters. The molecule has 0 radical (unpaired) electrons. The average molecular weight is 848 g/mol. The van der Waals surface area contributed by atoms with Gasteiger partial charge in [0.2, 0.25) is 0 Å². The molecule has 0 heterocycles. The number of anilines is 3. The van der Waals surface area contributed by atoms with E-state index in [1.165, 1.54) is 99.4 Å². The Morgan fingerprint density at radius 2 is 0.803 bits per heavy atom. The van der Waals surface area contributed by atoms with Gasteiger partial charge in [0.1, 0.15) is 0 Å². The van der Waals surface area contributed by atoms with E-state index in [9.17, 15) is 0 Å². The molecule has 0 aromatic heterocycles. The molecule has 2 aliphatic carbocycles. The molecule has 0 amide bonds. The third kappa shape index (κ3) is 5.99. The highest BCUT2D eigenvalue weighted by atomic mass is 15.1. The molecule has 1 unspecified atom stereocenters. The van der Waals surface area contributed by atoms with Gasteiger partial charge in [-0.25, -0.2) is 0 Å². The molecular formula is C65H53N. The fourth-order valence-electron chi connectivity index (χ4n) is 11.6. The van der Waals surface area contributed by atoms with Gasteiger partial charge < -0.3 is 4.90 Å². The number of fused-ring (bicyclic) bond motifs is 11. The molecule has 318 valence electrons. The van der Waals surface area contributed by atoms with Crippen LogP contribution in [0.5, 0.6) is 0 Å². The van der Waals surface area contributed by atoms with Gasteiger partial charge in [0.05, 0.1) is 5.41 Å². The van der Waals surface area contributed by atoms with Crippen molar-refractivity contribution in [2.24, 2.45) is 0 Å². The molecule has 0 bridgehead atoms. The van der Waals surface area contributed by atoms with Crippen LogP contribution in [0.15, 0.2) is 212 Å². The molecule has 66 heavy (non-hydrogen) atoms.